The van der Waals surface area contributed by atoms with Gasteiger partial charge in [-0.3, -0.25) is 9.89 Å². The van der Waals surface area contributed by atoms with Gasteiger partial charge in [0, 0.05) is 18.6 Å². The quantitative estimate of drug-likeness (QED) is 0.349. The molecule has 1 aliphatic rings. The molecule has 1 fully saturated rings. The molecule has 2 aromatic carbocycles. The number of piperidine rings is 1. The van der Waals surface area contributed by atoms with E-state index in [9.17, 15) is 13.2 Å². The topological polar surface area (TPSA) is 133 Å². The molecule has 36 heavy (non-hydrogen) atoms. The van der Waals surface area contributed by atoms with Gasteiger partial charge in [-0.25, -0.2) is 18.4 Å². The largest absolute Gasteiger partial charge is 0.375 e. The molecular formula is C25H27N7O3S. The van der Waals surface area contributed by atoms with Crippen molar-refractivity contribution < 1.29 is 13.2 Å². The van der Waals surface area contributed by atoms with E-state index < -0.39 is 9.84 Å². The van der Waals surface area contributed by atoms with Gasteiger partial charge < -0.3 is 15.5 Å². The van der Waals surface area contributed by atoms with E-state index in [1.807, 2.05) is 11.8 Å². The summed E-state index contributed by atoms with van der Waals surface area (Å²) >= 11 is 0. The van der Waals surface area contributed by atoms with Crippen LogP contribution in [0.3, 0.4) is 0 Å². The van der Waals surface area contributed by atoms with E-state index in [0.29, 0.717) is 23.7 Å². The molecule has 10 nitrogen and oxygen atoms in total. The molecule has 0 aliphatic carbocycles. The van der Waals surface area contributed by atoms with Gasteiger partial charge in [-0.05, 0) is 44.0 Å². The Morgan fingerprint density at radius 3 is 2.72 bits per heavy atom. The highest BCUT2D eigenvalue weighted by Crippen LogP contribution is 2.28. The predicted molar refractivity (Wildman–Crippen MR) is 136 cm³/mol. The van der Waals surface area contributed by atoms with Gasteiger partial charge in [0.05, 0.1) is 33.6 Å². The Labute approximate surface area is 209 Å². The Balaban J connectivity index is 1.29. The smallest absolute Gasteiger partial charge is 0.242 e. The predicted octanol–water partition coefficient (Wildman–Crippen LogP) is 3.09. The maximum atomic E-state index is 13.2. The first-order chi connectivity index (χ1) is 17.4. The van der Waals surface area contributed by atoms with Crippen LogP contribution in [0.1, 0.15) is 19.8 Å². The van der Waals surface area contributed by atoms with Crippen LogP contribution in [0.5, 0.6) is 0 Å². The number of aromatic nitrogens is 4. The number of nitrogens with one attached hydrogen (secondary N) is 3. The maximum Gasteiger partial charge on any atom is 0.242 e. The molecule has 1 amide bonds. The van der Waals surface area contributed by atoms with Crippen LogP contribution in [0, 0.1) is 0 Å². The molecular weight excluding hydrogens is 478 g/mol. The van der Waals surface area contributed by atoms with E-state index in [2.05, 4.69) is 30.8 Å². The van der Waals surface area contributed by atoms with Gasteiger partial charge in [0.1, 0.15) is 12.1 Å². The van der Waals surface area contributed by atoms with Crippen molar-refractivity contribution in [2.45, 2.75) is 41.6 Å². The Hall–Kier alpha value is -3.99. The van der Waals surface area contributed by atoms with Gasteiger partial charge >= 0.3 is 0 Å². The molecule has 4 aromatic rings. The molecule has 3 N–H and O–H groups in total. The molecule has 1 aliphatic heterocycles. The molecule has 5 rings (SSSR count). The maximum absolute atomic E-state index is 13.2. The SMILES string of the molecule is CC1C(Nc2ncnc3[nH]ncc23)CCCN1C(=O)CNc1ccccc1S(=O)(=O)c1ccccc1. The third-order valence-electron chi connectivity index (χ3n) is 6.54. The molecule has 1 saturated heterocycles. The molecule has 3 heterocycles. The van der Waals surface area contributed by atoms with Crippen LogP contribution < -0.4 is 10.6 Å². The van der Waals surface area contributed by atoms with Crippen molar-refractivity contribution in [2.24, 2.45) is 0 Å². The monoisotopic (exact) mass is 505 g/mol. The van der Waals surface area contributed by atoms with Crippen LogP contribution in [0.2, 0.25) is 0 Å². The third-order valence-corrected chi connectivity index (χ3v) is 8.37. The molecule has 0 saturated carbocycles. The zero-order chi connectivity index (χ0) is 25.1. The molecule has 2 unspecified atom stereocenters. The number of carbonyl (C=O) groups excluding carboxylic acids is 1. The number of likely N-dealkylation sites (tertiary alicyclic amines) is 1. The zero-order valence-electron chi connectivity index (χ0n) is 19.8. The highest BCUT2D eigenvalue weighted by atomic mass is 32.2. The van der Waals surface area contributed by atoms with Gasteiger partial charge in [-0.2, -0.15) is 5.10 Å². The highest BCUT2D eigenvalue weighted by Gasteiger charge is 2.32. The summed E-state index contributed by atoms with van der Waals surface area (Å²) in [5.41, 5.74) is 1.05. The minimum absolute atomic E-state index is 0.00134. The molecule has 0 spiro atoms. The first-order valence-corrected chi connectivity index (χ1v) is 13.3. The summed E-state index contributed by atoms with van der Waals surface area (Å²) in [6.45, 7) is 2.63. The number of anilines is 2. The number of rotatable bonds is 7. The highest BCUT2D eigenvalue weighted by molar-refractivity contribution is 7.91. The molecule has 0 radical (unpaired) electrons. The lowest BCUT2D eigenvalue weighted by molar-refractivity contribution is -0.132. The Bertz CT molecular complexity index is 1470. The number of fused-ring (bicyclic) bond motifs is 1. The zero-order valence-corrected chi connectivity index (χ0v) is 20.6. The number of amides is 1. The molecule has 2 atom stereocenters. The Morgan fingerprint density at radius 1 is 1.11 bits per heavy atom. The third kappa shape index (κ3) is 4.61. The Kier molecular flexibility index (Phi) is 6.55. The second-order valence-corrected chi connectivity index (χ2v) is 10.7. The van der Waals surface area contributed by atoms with E-state index in [0.717, 1.165) is 18.2 Å². The normalized spacial score (nSPS) is 18.2. The van der Waals surface area contributed by atoms with Crippen molar-refractivity contribution in [1.82, 2.24) is 25.1 Å². The first kappa shape index (κ1) is 23.7. The summed E-state index contributed by atoms with van der Waals surface area (Å²) in [6, 6.07) is 14.8. The molecule has 2 aromatic heterocycles. The summed E-state index contributed by atoms with van der Waals surface area (Å²) in [4.78, 5) is 23.9. The lowest BCUT2D eigenvalue weighted by Gasteiger charge is -2.40. The first-order valence-electron chi connectivity index (χ1n) is 11.8. The number of aromatic amines is 1. The average Bonchev–Trinajstić information content (AvgIpc) is 3.39. The summed E-state index contributed by atoms with van der Waals surface area (Å²) in [5, 5.41) is 14.2. The summed E-state index contributed by atoms with van der Waals surface area (Å²) in [5.74, 6) is 0.579. The number of sulfone groups is 1. The fourth-order valence-electron chi connectivity index (χ4n) is 4.59. The van der Waals surface area contributed by atoms with Crippen molar-refractivity contribution >= 4 is 38.3 Å². The van der Waals surface area contributed by atoms with E-state index in [-0.39, 0.29) is 34.3 Å². The minimum atomic E-state index is -3.73. The van der Waals surface area contributed by atoms with E-state index >= 15 is 0 Å². The van der Waals surface area contributed by atoms with Gasteiger partial charge in [0.25, 0.3) is 0 Å². The number of nitrogens with zero attached hydrogens (tertiary/aromatic N) is 4. The summed E-state index contributed by atoms with van der Waals surface area (Å²) in [7, 11) is -3.73. The average molecular weight is 506 g/mol. The van der Waals surface area contributed by atoms with Crippen LogP contribution in [-0.2, 0) is 14.6 Å². The van der Waals surface area contributed by atoms with Crippen molar-refractivity contribution in [1.29, 1.82) is 0 Å². The molecule has 11 heteroatoms. The van der Waals surface area contributed by atoms with Gasteiger partial charge in [-0.1, -0.05) is 30.3 Å². The number of benzene rings is 2. The standard InChI is InChI=1S/C25H27N7O3S/c1-17-20(30-24-19-14-29-31-25(19)28-16-27-24)11-7-13-32(17)23(33)15-26-21-10-5-6-12-22(21)36(34,35)18-8-3-2-4-9-18/h2-6,8-10,12,14,16-17,20,26H,7,11,13,15H2,1H3,(H2,27,28,29,30,31). The van der Waals surface area contributed by atoms with Gasteiger partial charge in [0.2, 0.25) is 15.7 Å². The van der Waals surface area contributed by atoms with Crippen molar-refractivity contribution in [2.75, 3.05) is 23.7 Å². The molecule has 186 valence electrons. The number of carbonyl (C=O) groups is 1. The number of H-pyrrole nitrogens is 1. The fraction of sp³-hybridized carbons (Fsp3) is 0.280. The number of hydrogen-bond acceptors (Lipinski definition) is 8. The lowest BCUT2D eigenvalue weighted by atomic mass is 9.97. The van der Waals surface area contributed by atoms with Gasteiger partial charge in [0.15, 0.2) is 5.65 Å². The van der Waals surface area contributed by atoms with Gasteiger partial charge in [-0.15, -0.1) is 0 Å². The Morgan fingerprint density at radius 2 is 1.89 bits per heavy atom. The van der Waals surface area contributed by atoms with Crippen LogP contribution in [0.25, 0.3) is 11.0 Å². The van der Waals surface area contributed by atoms with Crippen LogP contribution >= 0.6 is 0 Å². The lowest BCUT2D eigenvalue weighted by Crippen LogP contribution is -2.53. The number of para-hydroxylation sites is 1. The van der Waals surface area contributed by atoms with E-state index in [1.165, 1.54) is 6.33 Å². The van der Waals surface area contributed by atoms with Crippen LogP contribution in [0.4, 0.5) is 11.5 Å². The van der Waals surface area contributed by atoms with Crippen LogP contribution in [0.15, 0.2) is 76.9 Å². The minimum Gasteiger partial charge on any atom is -0.375 e. The van der Waals surface area contributed by atoms with E-state index in [1.54, 1.807) is 60.8 Å². The van der Waals surface area contributed by atoms with Crippen molar-refractivity contribution in [3.05, 3.63) is 67.1 Å². The number of hydrogen-bond donors (Lipinski definition) is 3. The van der Waals surface area contributed by atoms with E-state index in [4.69, 9.17) is 0 Å². The molecule has 0 bridgehead atoms. The van der Waals surface area contributed by atoms with Crippen LogP contribution in [-0.4, -0.2) is 64.6 Å². The van der Waals surface area contributed by atoms with Crippen molar-refractivity contribution in [3.63, 3.8) is 0 Å². The summed E-state index contributed by atoms with van der Waals surface area (Å²) < 4.78 is 26.4. The second-order valence-electron chi connectivity index (χ2n) is 8.74. The summed E-state index contributed by atoms with van der Waals surface area (Å²) in [6.07, 6.45) is 4.88. The fourth-order valence-corrected chi connectivity index (χ4v) is 6.05. The van der Waals surface area contributed by atoms with Crippen molar-refractivity contribution in [3.8, 4) is 0 Å². The second kappa shape index (κ2) is 9.94.